The van der Waals surface area contributed by atoms with Crippen LogP contribution in [0, 0.1) is 0 Å². The zero-order chi connectivity index (χ0) is 15.9. The highest BCUT2D eigenvalue weighted by Gasteiger charge is 2.16. The van der Waals surface area contributed by atoms with Crippen LogP contribution >= 0.6 is 0 Å². The highest BCUT2D eigenvalue weighted by molar-refractivity contribution is 5.37. The Morgan fingerprint density at radius 2 is 1.82 bits per heavy atom. The lowest BCUT2D eigenvalue weighted by Crippen LogP contribution is -2.45. The fourth-order valence-corrected chi connectivity index (χ4v) is 2.87. The van der Waals surface area contributed by atoms with Crippen molar-refractivity contribution in [2.24, 2.45) is 0 Å². The molecule has 1 saturated heterocycles. The van der Waals surface area contributed by atoms with E-state index in [1.807, 2.05) is 0 Å². The van der Waals surface area contributed by atoms with Crippen LogP contribution in [0.1, 0.15) is 31.9 Å². The predicted molar refractivity (Wildman–Crippen MR) is 92.4 cm³/mol. The van der Waals surface area contributed by atoms with Gasteiger partial charge >= 0.3 is 0 Å². The fraction of sp³-hybridized carbons (Fsp3) is 0.667. The van der Waals surface area contributed by atoms with E-state index in [0.29, 0.717) is 6.04 Å². The van der Waals surface area contributed by atoms with E-state index < -0.39 is 0 Å². The zero-order valence-corrected chi connectivity index (χ0v) is 14.6. The first-order valence-electron chi connectivity index (χ1n) is 8.46. The van der Waals surface area contributed by atoms with Gasteiger partial charge in [-0.2, -0.15) is 0 Å². The number of benzene rings is 1. The zero-order valence-electron chi connectivity index (χ0n) is 14.6. The summed E-state index contributed by atoms with van der Waals surface area (Å²) in [5, 5.41) is 3.45. The normalized spacial score (nSPS) is 17.1. The Bertz CT molecular complexity index is 454. The van der Waals surface area contributed by atoms with E-state index in [2.05, 4.69) is 54.1 Å². The number of piperazine rings is 1. The molecule has 0 aromatic heterocycles. The van der Waals surface area contributed by atoms with Crippen LogP contribution in [0.4, 0.5) is 0 Å². The van der Waals surface area contributed by atoms with Crippen molar-refractivity contribution >= 4 is 0 Å². The number of hydrogen-bond acceptors (Lipinski definition) is 4. The van der Waals surface area contributed by atoms with Crippen LogP contribution in [0.15, 0.2) is 18.2 Å². The largest absolute Gasteiger partial charge is 0.496 e. The third kappa shape index (κ3) is 4.97. The van der Waals surface area contributed by atoms with Crippen molar-refractivity contribution in [1.29, 1.82) is 0 Å². The molecule has 0 aliphatic carbocycles. The van der Waals surface area contributed by atoms with Gasteiger partial charge in [-0.05, 0) is 18.2 Å². The fourth-order valence-electron chi connectivity index (χ4n) is 2.87. The van der Waals surface area contributed by atoms with Gasteiger partial charge < -0.3 is 15.0 Å². The Hall–Kier alpha value is -1.10. The molecule has 0 saturated carbocycles. The maximum atomic E-state index is 5.58. The van der Waals surface area contributed by atoms with Gasteiger partial charge in [0.05, 0.1) is 7.11 Å². The lowest BCUT2D eigenvalue weighted by atomic mass is 10.1. The number of likely N-dealkylation sites (N-methyl/N-ethyl adjacent to an activating group) is 1. The van der Waals surface area contributed by atoms with Crippen molar-refractivity contribution in [2.75, 3.05) is 39.8 Å². The second kappa shape index (κ2) is 8.51. The van der Waals surface area contributed by atoms with E-state index in [4.69, 9.17) is 4.74 Å². The molecule has 0 amide bonds. The Labute approximate surface area is 135 Å². The molecule has 1 aromatic carbocycles. The molecule has 1 N–H and O–H groups in total. The van der Waals surface area contributed by atoms with Gasteiger partial charge in [-0.3, -0.25) is 4.90 Å². The SMILES string of the molecule is CCN1CCN(Cc2ccc(CNC(C)C)c(OC)c2)CC1. The molecule has 0 atom stereocenters. The second-order valence-corrected chi connectivity index (χ2v) is 6.39. The van der Waals surface area contributed by atoms with Gasteiger partial charge in [0.25, 0.3) is 0 Å². The first-order valence-corrected chi connectivity index (χ1v) is 8.46. The van der Waals surface area contributed by atoms with E-state index in [-0.39, 0.29) is 0 Å². The monoisotopic (exact) mass is 305 g/mol. The molecule has 0 bridgehead atoms. The number of methoxy groups -OCH3 is 1. The van der Waals surface area contributed by atoms with E-state index in [0.717, 1.165) is 31.9 Å². The minimum Gasteiger partial charge on any atom is -0.496 e. The predicted octanol–water partition coefficient (Wildman–Crippen LogP) is 2.33. The standard InChI is InChI=1S/C18H31N3O/c1-5-20-8-10-21(11-9-20)14-16-6-7-17(13-19-15(2)3)18(12-16)22-4/h6-7,12,15,19H,5,8-11,13-14H2,1-4H3. The summed E-state index contributed by atoms with van der Waals surface area (Å²) in [4.78, 5) is 5.05. The molecule has 1 heterocycles. The Morgan fingerprint density at radius 1 is 1.14 bits per heavy atom. The molecule has 0 radical (unpaired) electrons. The molecule has 1 aromatic rings. The van der Waals surface area contributed by atoms with Gasteiger partial charge in [0.1, 0.15) is 5.75 Å². The Morgan fingerprint density at radius 3 is 2.41 bits per heavy atom. The highest BCUT2D eigenvalue weighted by Crippen LogP contribution is 2.21. The molecule has 4 nitrogen and oxygen atoms in total. The molecule has 1 aliphatic heterocycles. The maximum absolute atomic E-state index is 5.58. The lowest BCUT2D eigenvalue weighted by Gasteiger charge is -2.34. The molecule has 0 spiro atoms. The average Bonchev–Trinajstić information content (AvgIpc) is 2.54. The summed E-state index contributed by atoms with van der Waals surface area (Å²) >= 11 is 0. The summed E-state index contributed by atoms with van der Waals surface area (Å²) in [6.07, 6.45) is 0. The van der Waals surface area contributed by atoms with Crippen LogP contribution in [0.3, 0.4) is 0 Å². The first kappa shape index (κ1) is 17.3. The Balaban J connectivity index is 1.94. The number of rotatable bonds is 7. The van der Waals surface area contributed by atoms with E-state index >= 15 is 0 Å². The Kier molecular flexibility index (Phi) is 6.68. The molecule has 22 heavy (non-hydrogen) atoms. The summed E-state index contributed by atoms with van der Waals surface area (Å²) in [5.74, 6) is 0.998. The third-order valence-electron chi connectivity index (χ3n) is 4.37. The van der Waals surface area contributed by atoms with Gasteiger partial charge in [-0.1, -0.05) is 32.9 Å². The summed E-state index contributed by atoms with van der Waals surface area (Å²) in [5.41, 5.74) is 2.57. The number of ether oxygens (including phenoxy) is 1. The van der Waals surface area contributed by atoms with Gasteiger partial charge in [-0.25, -0.2) is 0 Å². The first-order chi connectivity index (χ1) is 10.6. The molecular weight excluding hydrogens is 274 g/mol. The maximum Gasteiger partial charge on any atom is 0.123 e. The minimum absolute atomic E-state index is 0.485. The van der Waals surface area contributed by atoms with Gasteiger partial charge in [0.15, 0.2) is 0 Å². The van der Waals surface area contributed by atoms with Crippen LogP contribution in [0.5, 0.6) is 5.75 Å². The summed E-state index contributed by atoms with van der Waals surface area (Å²) in [7, 11) is 1.76. The van der Waals surface area contributed by atoms with Crippen LogP contribution in [0.25, 0.3) is 0 Å². The molecule has 1 aliphatic rings. The molecule has 4 heteroatoms. The lowest BCUT2D eigenvalue weighted by molar-refractivity contribution is 0.132. The van der Waals surface area contributed by atoms with Crippen molar-refractivity contribution in [3.05, 3.63) is 29.3 Å². The van der Waals surface area contributed by atoms with Crippen molar-refractivity contribution in [3.63, 3.8) is 0 Å². The third-order valence-corrected chi connectivity index (χ3v) is 4.37. The molecule has 2 rings (SSSR count). The van der Waals surface area contributed by atoms with Gasteiger partial charge in [0, 0.05) is 50.9 Å². The number of nitrogens with one attached hydrogen (secondary N) is 1. The highest BCUT2D eigenvalue weighted by atomic mass is 16.5. The molecule has 1 fully saturated rings. The van der Waals surface area contributed by atoms with Crippen molar-refractivity contribution in [2.45, 2.75) is 39.9 Å². The van der Waals surface area contributed by atoms with Crippen molar-refractivity contribution < 1.29 is 4.74 Å². The quantitative estimate of drug-likeness (QED) is 0.837. The van der Waals surface area contributed by atoms with Crippen molar-refractivity contribution in [3.8, 4) is 5.75 Å². The van der Waals surface area contributed by atoms with Crippen LogP contribution in [-0.4, -0.2) is 55.7 Å². The molecular formula is C18H31N3O. The van der Waals surface area contributed by atoms with E-state index in [1.54, 1.807) is 7.11 Å². The molecule has 124 valence electrons. The van der Waals surface area contributed by atoms with Gasteiger partial charge in [-0.15, -0.1) is 0 Å². The molecule has 0 unspecified atom stereocenters. The van der Waals surface area contributed by atoms with Crippen LogP contribution in [-0.2, 0) is 13.1 Å². The van der Waals surface area contributed by atoms with E-state index in [9.17, 15) is 0 Å². The van der Waals surface area contributed by atoms with Gasteiger partial charge in [0.2, 0.25) is 0 Å². The summed E-state index contributed by atoms with van der Waals surface area (Å²) in [6.45, 7) is 14.3. The van der Waals surface area contributed by atoms with Crippen LogP contribution in [0.2, 0.25) is 0 Å². The number of hydrogen-bond donors (Lipinski definition) is 1. The summed E-state index contributed by atoms with van der Waals surface area (Å²) in [6, 6.07) is 7.13. The number of nitrogens with zero attached hydrogens (tertiary/aromatic N) is 2. The summed E-state index contributed by atoms with van der Waals surface area (Å²) < 4.78 is 5.58. The van der Waals surface area contributed by atoms with Crippen LogP contribution < -0.4 is 10.1 Å². The smallest absolute Gasteiger partial charge is 0.123 e. The minimum atomic E-state index is 0.485. The van der Waals surface area contributed by atoms with E-state index in [1.165, 1.54) is 30.8 Å². The topological polar surface area (TPSA) is 27.7 Å². The average molecular weight is 305 g/mol. The second-order valence-electron chi connectivity index (χ2n) is 6.39. The van der Waals surface area contributed by atoms with Crippen molar-refractivity contribution in [1.82, 2.24) is 15.1 Å².